The fourth-order valence-electron chi connectivity index (χ4n) is 2.60. The van der Waals surface area contributed by atoms with E-state index in [1.54, 1.807) is 19.1 Å². The quantitative estimate of drug-likeness (QED) is 0.396. The number of nitrogen functional groups attached to an aromatic ring is 1. The van der Waals surface area contributed by atoms with Crippen molar-refractivity contribution >= 4 is 23.4 Å². The maximum Gasteiger partial charge on any atom is 0.320 e. The number of carbonyl (C=O) groups excluding carboxylic acids is 1. The van der Waals surface area contributed by atoms with Crippen LogP contribution in [0.3, 0.4) is 0 Å². The third kappa shape index (κ3) is 4.95. The average Bonchev–Trinajstić information content (AvgIpc) is 2.60. The van der Waals surface area contributed by atoms with Crippen LogP contribution in [0, 0.1) is 11.2 Å². The molecule has 1 aromatic carbocycles. The van der Waals surface area contributed by atoms with Gasteiger partial charge in [0.2, 0.25) is 5.90 Å². The lowest BCUT2D eigenvalue weighted by Gasteiger charge is -2.23. The summed E-state index contributed by atoms with van der Waals surface area (Å²) in [5, 5.41) is 23.5. The van der Waals surface area contributed by atoms with Crippen LogP contribution in [0.4, 0.5) is 20.7 Å². The van der Waals surface area contributed by atoms with Crippen LogP contribution in [0.2, 0.25) is 0 Å². The molecule has 9 heteroatoms. The van der Waals surface area contributed by atoms with Crippen LogP contribution in [-0.4, -0.2) is 29.1 Å². The summed E-state index contributed by atoms with van der Waals surface area (Å²) in [6, 6.07) is 6.22. The van der Waals surface area contributed by atoms with Crippen LogP contribution in [-0.2, 0) is 10.3 Å². The Balaban J connectivity index is 2.23. The van der Waals surface area contributed by atoms with Crippen LogP contribution < -0.4 is 16.4 Å². The summed E-state index contributed by atoms with van der Waals surface area (Å²) in [7, 11) is 1.31. The van der Waals surface area contributed by atoms with Crippen LogP contribution in [0.25, 0.3) is 0 Å². The summed E-state index contributed by atoms with van der Waals surface area (Å²) in [6.45, 7) is 4.73. The fourth-order valence-corrected chi connectivity index (χ4v) is 2.60. The number of hydrogen-bond donors (Lipinski definition) is 5. The summed E-state index contributed by atoms with van der Waals surface area (Å²) in [5.74, 6) is -0.505. The first-order chi connectivity index (χ1) is 13.0. The number of rotatable bonds is 5. The molecule has 0 aliphatic carbocycles. The van der Waals surface area contributed by atoms with E-state index in [0.717, 1.165) is 5.56 Å². The summed E-state index contributed by atoms with van der Waals surface area (Å²) in [4.78, 5) is 16.5. The summed E-state index contributed by atoms with van der Waals surface area (Å²) in [5.41, 5.74) is 5.68. The lowest BCUT2D eigenvalue weighted by atomic mass is 9.97. The first-order valence-corrected chi connectivity index (χ1v) is 8.52. The minimum absolute atomic E-state index is 0.0984. The van der Waals surface area contributed by atoms with Crippen molar-refractivity contribution in [2.75, 3.05) is 18.2 Å². The van der Waals surface area contributed by atoms with E-state index < -0.39 is 11.6 Å². The lowest BCUT2D eigenvalue weighted by molar-refractivity contribution is 0.0736. The van der Waals surface area contributed by atoms with E-state index in [1.165, 1.54) is 39.2 Å². The molecule has 8 nitrogen and oxygen atoms in total. The molecule has 1 atom stereocenters. The number of hydrogen-bond acceptors (Lipinski definition) is 6. The van der Waals surface area contributed by atoms with Crippen molar-refractivity contribution in [1.82, 2.24) is 10.3 Å². The van der Waals surface area contributed by atoms with E-state index in [2.05, 4.69) is 15.6 Å². The number of amides is 2. The predicted molar refractivity (Wildman–Crippen MR) is 105 cm³/mol. The van der Waals surface area contributed by atoms with Gasteiger partial charge in [-0.3, -0.25) is 10.7 Å². The zero-order valence-electron chi connectivity index (χ0n) is 16.1. The number of aliphatic hydroxyl groups is 1. The number of nitrogens with two attached hydrogens (primary N) is 1. The molecule has 6 N–H and O–H groups in total. The van der Waals surface area contributed by atoms with E-state index in [9.17, 15) is 14.3 Å². The van der Waals surface area contributed by atoms with Crippen molar-refractivity contribution in [2.24, 2.45) is 0 Å². The van der Waals surface area contributed by atoms with E-state index >= 15 is 0 Å². The van der Waals surface area contributed by atoms with Gasteiger partial charge in [-0.05, 0) is 38.5 Å². The largest absolute Gasteiger partial charge is 0.481 e. The number of anilines is 2. The molecule has 0 saturated carbocycles. The Hall–Kier alpha value is -3.20. The van der Waals surface area contributed by atoms with Crippen molar-refractivity contribution in [2.45, 2.75) is 32.4 Å². The molecule has 2 aromatic rings. The Kier molecular flexibility index (Phi) is 6.19. The zero-order chi connectivity index (χ0) is 21.1. The molecule has 28 heavy (non-hydrogen) atoms. The normalized spacial score (nSPS) is 12.2. The van der Waals surface area contributed by atoms with E-state index in [0.29, 0.717) is 0 Å². The topological polar surface area (TPSA) is 133 Å². The van der Waals surface area contributed by atoms with Crippen molar-refractivity contribution < 1.29 is 19.0 Å². The molecule has 0 radical (unpaired) electrons. The second kappa shape index (κ2) is 8.22. The highest BCUT2D eigenvalue weighted by Gasteiger charge is 2.27. The standard InChI is InChI=1S/C19H24FN5O3/c1-10(11-5-7-12(20)8-6-11)23-18(26)25-14-9-13(21)15(17(22)28-4)16(24-14)19(2,3)27/h5-10,22,27H,1-4H3,(H4,21,23,24,25,26)/t10-/m1/s1. The number of halogens is 1. The number of pyridine rings is 1. The minimum Gasteiger partial charge on any atom is -0.481 e. The first-order valence-electron chi connectivity index (χ1n) is 8.52. The smallest absolute Gasteiger partial charge is 0.320 e. The number of ether oxygens (including phenoxy) is 1. The molecule has 2 rings (SSSR count). The third-order valence-electron chi connectivity index (χ3n) is 4.02. The monoisotopic (exact) mass is 389 g/mol. The van der Waals surface area contributed by atoms with E-state index in [-0.39, 0.29) is 40.5 Å². The Morgan fingerprint density at radius 3 is 2.50 bits per heavy atom. The molecular formula is C19H24FN5O3. The average molecular weight is 389 g/mol. The summed E-state index contributed by atoms with van der Waals surface area (Å²) in [6.07, 6.45) is 0. The SMILES string of the molecule is COC(=N)c1c(N)cc(NC(=O)N[C@H](C)c2ccc(F)cc2)nc1C(C)(C)O. The zero-order valence-corrected chi connectivity index (χ0v) is 16.1. The molecule has 0 fully saturated rings. The predicted octanol–water partition coefficient (Wildman–Crippen LogP) is 2.88. The molecule has 0 bridgehead atoms. The molecule has 1 heterocycles. The molecule has 2 amide bonds. The molecule has 1 aromatic heterocycles. The Labute approximate surface area is 162 Å². The van der Waals surface area contributed by atoms with Crippen LogP contribution in [0.5, 0.6) is 0 Å². The number of nitrogens with zero attached hydrogens (tertiary/aromatic N) is 1. The van der Waals surface area contributed by atoms with Crippen LogP contribution >= 0.6 is 0 Å². The molecule has 0 unspecified atom stereocenters. The van der Waals surface area contributed by atoms with Crippen molar-refractivity contribution in [3.8, 4) is 0 Å². The molecule has 0 aliphatic rings. The van der Waals surface area contributed by atoms with E-state index in [4.69, 9.17) is 15.9 Å². The lowest BCUT2D eigenvalue weighted by Crippen LogP contribution is -2.32. The van der Waals surface area contributed by atoms with Crippen molar-refractivity contribution in [3.05, 3.63) is 53.0 Å². The Bertz CT molecular complexity index is 878. The van der Waals surface area contributed by atoms with Gasteiger partial charge < -0.3 is 20.9 Å². The maximum absolute atomic E-state index is 13.0. The van der Waals surface area contributed by atoms with Crippen LogP contribution in [0.15, 0.2) is 30.3 Å². The van der Waals surface area contributed by atoms with Gasteiger partial charge >= 0.3 is 6.03 Å². The van der Waals surface area contributed by atoms with Gasteiger partial charge in [-0.1, -0.05) is 12.1 Å². The van der Waals surface area contributed by atoms with Gasteiger partial charge in [0.05, 0.1) is 24.4 Å². The number of carbonyl (C=O) groups is 1. The first kappa shape index (κ1) is 21.1. The van der Waals surface area contributed by atoms with Gasteiger partial charge in [0.1, 0.15) is 17.2 Å². The van der Waals surface area contributed by atoms with E-state index in [1.807, 2.05) is 0 Å². The van der Waals surface area contributed by atoms with Crippen molar-refractivity contribution in [1.29, 1.82) is 5.41 Å². The van der Waals surface area contributed by atoms with Gasteiger partial charge in [-0.15, -0.1) is 0 Å². The Morgan fingerprint density at radius 1 is 1.36 bits per heavy atom. The van der Waals surface area contributed by atoms with Gasteiger partial charge in [0.25, 0.3) is 0 Å². The summed E-state index contributed by atoms with van der Waals surface area (Å²) >= 11 is 0. The third-order valence-corrected chi connectivity index (χ3v) is 4.02. The van der Waals surface area contributed by atoms with Gasteiger partial charge in [0.15, 0.2) is 0 Å². The minimum atomic E-state index is -1.43. The highest BCUT2D eigenvalue weighted by Crippen LogP contribution is 2.29. The van der Waals surface area contributed by atoms with Crippen LogP contribution in [0.1, 0.15) is 43.6 Å². The Morgan fingerprint density at radius 2 is 1.96 bits per heavy atom. The van der Waals surface area contributed by atoms with Crippen molar-refractivity contribution in [3.63, 3.8) is 0 Å². The highest BCUT2D eigenvalue weighted by atomic mass is 19.1. The number of methoxy groups -OCH3 is 1. The second-order valence-electron chi connectivity index (χ2n) is 6.78. The molecule has 0 aliphatic heterocycles. The molecule has 150 valence electrons. The van der Waals surface area contributed by atoms with Gasteiger partial charge in [0, 0.05) is 11.8 Å². The second-order valence-corrected chi connectivity index (χ2v) is 6.78. The number of nitrogens with one attached hydrogen (secondary N) is 3. The summed E-state index contributed by atoms with van der Waals surface area (Å²) < 4.78 is 17.9. The highest BCUT2D eigenvalue weighted by molar-refractivity contribution is 5.99. The molecule has 0 saturated heterocycles. The molecule has 0 spiro atoms. The number of aromatic nitrogens is 1. The number of benzene rings is 1. The van der Waals surface area contributed by atoms with Gasteiger partial charge in [-0.2, -0.15) is 0 Å². The number of urea groups is 1. The maximum atomic E-state index is 13.0. The van der Waals surface area contributed by atoms with Gasteiger partial charge in [-0.25, -0.2) is 14.2 Å². The molecular weight excluding hydrogens is 365 g/mol. The fraction of sp³-hybridized carbons (Fsp3) is 0.316.